The molecule has 2 aromatic heterocycles. The van der Waals surface area contributed by atoms with Crippen molar-refractivity contribution in [3.05, 3.63) is 49.1 Å². The van der Waals surface area contributed by atoms with Gasteiger partial charge in [0.25, 0.3) is 0 Å². The van der Waals surface area contributed by atoms with Crippen LogP contribution in [0.4, 0.5) is 0 Å². The first-order valence-electron chi connectivity index (χ1n) is 16.5. The average Bonchev–Trinajstić information content (AvgIpc) is 2.98. The summed E-state index contributed by atoms with van der Waals surface area (Å²) in [5, 5.41) is 0. The lowest BCUT2D eigenvalue weighted by atomic mass is 10.1. The Morgan fingerprint density at radius 3 is 0.812 bits per heavy atom. The molecule has 2 rings (SSSR count). The maximum atomic E-state index is 10.5. The summed E-state index contributed by atoms with van der Waals surface area (Å²) >= 11 is 0. The molecule has 0 aliphatic heterocycles. The molecule has 0 radical (unpaired) electrons. The van der Waals surface area contributed by atoms with Crippen LogP contribution in [-0.2, 0) is 18.3 Å². The molecular weight excluding hydrogens is 704 g/mol. The largest absolute Gasteiger partial charge is 0.779 e. The van der Waals surface area contributed by atoms with E-state index in [9.17, 15) is 28.0 Å². The van der Waals surface area contributed by atoms with Crippen molar-refractivity contribution in [3.63, 3.8) is 0 Å². The number of H-pyrrole nitrogens is 2. The summed E-state index contributed by atoms with van der Waals surface area (Å²) in [6, 6.07) is 8.20. The van der Waals surface area contributed by atoms with E-state index < -0.39 is 30.4 Å². The molecule has 0 aromatic carbocycles. The Morgan fingerprint density at radius 2 is 0.604 bits per heavy atom. The lowest BCUT2D eigenvalue weighted by Gasteiger charge is -2.14. The average molecular weight is 761 g/mol. The molecule has 0 saturated heterocycles. The highest BCUT2D eigenvalue weighted by Crippen LogP contribution is 2.36. The molecule has 0 aliphatic carbocycles. The van der Waals surface area contributed by atoms with E-state index in [1.165, 1.54) is 11.1 Å². The Hall–Kier alpha value is -1.10. The molecule has 48 heavy (non-hydrogen) atoms. The Balaban J connectivity index is 0.000000702. The highest BCUT2D eigenvalue weighted by molar-refractivity contribution is 7.52. The maximum Gasteiger partial charge on any atom is 0.325 e. The predicted molar refractivity (Wildman–Crippen MR) is 182 cm³/mol. The molecule has 0 spiro atoms. The van der Waals surface area contributed by atoms with Crippen molar-refractivity contribution in [2.45, 2.75) is 103 Å². The van der Waals surface area contributed by atoms with Crippen LogP contribution >= 0.6 is 30.4 Å². The fourth-order valence-corrected chi connectivity index (χ4v) is 7.06. The number of unbranched alkanes of at least 4 members (excludes halogenated alkanes) is 14. The normalized spacial score (nSPS) is 14.1. The van der Waals surface area contributed by atoms with Gasteiger partial charge in [-0.05, 0) is 36.8 Å². The van der Waals surface area contributed by atoms with Gasteiger partial charge in [-0.1, -0.05) is 77.0 Å². The van der Waals surface area contributed by atoms with Gasteiger partial charge in [0.2, 0.25) is 0 Å². The van der Waals surface area contributed by atoms with Crippen molar-refractivity contribution in [3.8, 4) is 11.1 Å². The van der Waals surface area contributed by atoms with Gasteiger partial charge in [-0.3, -0.25) is 9.13 Å². The number of pyridine rings is 2. The molecule has 278 valence electrons. The Bertz CT molecular complexity index is 1090. The van der Waals surface area contributed by atoms with Crippen molar-refractivity contribution < 1.29 is 67.4 Å². The van der Waals surface area contributed by atoms with Crippen LogP contribution < -0.4 is 19.8 Å². The van der Waals surface area contributed by atoms with Crippen molar-refractivity contribution in [1.82, 2.24) is 0 Å². The lowest BCUT2D eigenvalue weighted by Crippen LogP contribution is -2.03. The van der Waals surface area contributed by atoms with Crippen LogP contribution in [-0.4, -0.2) is 54.0 Å². The summed E-state index contributed by atoms with van der Waals surface area (Å²) in [4.78, 5) is 78.4. The van der Waals surface area contributed by atoms with E-state index in [1.54, 1.807) is 0 Å². The molecule has 2 unspecified atom stereocenters. The minimum atomic E-state index is -4.08. The minimum absolute atomic E-state index is 0.0394. The third-order valence-corrected chi connectivity index (χ3v) is 10.6. The van der Waals surface area contributed by atoms with E-state index >= 15 is 0 Å². The third kappa shape index (κ3) is 36.2. The third-order valence-electron chi connectivity index (χ3n) is 7.05. The topological polar surface area (TPSA) is 264 Å². The summed E-state index contributed by atoms with van der Waals surface area (Å²) in [7, 11) is -15.8. The van der Waals surface area contributed by atoms with Crippen LogP contribution in [0.25, 0.3) is 11.1 Å². The first-order chi connectivity index (χ1) is 22.4. The predicted octanol–water partition coefficient (Wildman–Crippen LogP) is 4.64. The van der Waals surface area contributed by atoms with Gasteiger partial charge in [0.05, 0.1) is 0 Å². The van der Waals surface area contributed by atoms with Crippen LogP contribution in [0, 0.1) is 0 Å². The number of rotatable bonds is 23. The highest BCUT2D eigenvalue weighted by Gasteiger charge is 2.11. The molecule has 0 aliphatic rings. The quantitative estimate of drug-likeness (QED) is 0.0668. The molecule has 0 amide bonds. The van der Waals surface area contributed by atoms with Gasteiger partial charge in [-0.2, -0.15) is 0 Å². The summed E-state index contributed by atoms with van der Waals surface area (Å²) in [6.07, 6.45) is 20.3. The molecule has 8 N–H and O–H groups in total. The van der Waals surface area contributed by atoms with Crippen molar-refractivity contribution in [2.24, 2.45) is 0 Å². The fraction of sp³-hybridized carbons (Fsp3) is 0.667. The first kappa shape index (κ1) is 46.9. The molecule has 2 heterocycles. The SMILES string of the molecule is O=P([O-])(O)CCCCCCCCCCP(=O)(O)O.O=P([O-])(O)CCCCCCCCCCP(=O)(O)O.c1cc(-c2cc[nH+]cc2)cc[nH+]1. The summed E-state index contributed by atoms with van der Waals surface area (Å²) in [5.74, 6) is 0. The van der Waals surface area contributed by atoms with Gasteiger partial charge in [0.15, 0.2) is 24.8 Å². The maximum absolute atomic E-state index is 10.5. The Morgan fingerprint density at radius 1 is 0.396 bits per heavy atom. The molecule has 14 nitrogen and oxygen atoms in total. The molecule has 18 heteroatoms. The molecule has 2 atom stereocenters. The molecular formula is C30H56N2O12P4. The van der Waals surface area contributed by atoms with E-state index in [0.29, 0.717) is 25.7 Å². The van der Waals surface area contributed by atoms with Crippen LogP contribution in [0.15, 0.2) is 49.1 Å². The van der Waals surface area contributed by atoms with Crippen molar-refractivity contribution in [1.29, 1.82) is 0 Å². The van der Waals surface area contributed by atoms with Crippen molar-refractivity contribution >= 4 is 30.4 Å². The fourth-order valence-electron chi connectivity index (χ4n) is 4.54. The summed E-state index contributed by atoms with van der Waals surface area (Å²) in [6.45, 7) is 0. The van der Waals surface area contributed by atoms with E-state index in [1.807, 2.05) is 24.8 Å². The second kappa shape index (κ2) is 26.7. The van der Waals surface area contributed by atoms with E-state index in [-0.39, 0.29) is 24.6 Å². The Kier molecular flexibility index (Phi) is 26.1. The smallest absolute Gasteiger partial charge is 0.325 e. The number of nitrogens with one attached hydrogen (secondary N) is 2. The number of aromatic amines is 2. The van der Waals surface area contributed by atoms with Gasteiger partial charge in [-0.15, -0.1) is 0 Å². The summed E-state index contributed by atoms with van der Waals surface area (Å²) in [5.41, 5.74) is 2.45. The van der Waals surface area contributed by atoms with Crippen LogP contribution in [0.3, 0.4) is 0 Å². The van der Waals surface area contributed by atoms with Crippen molar-refractivity contribution in [2.75, 3.05) is 24.6 Å². The second-order valence-electron chi connectivity index (χ2n) is 11.7. The zero-order valence-corrected chi connectivity index (χ0v) is 31.3. The van der Waals surface area contributed by atoms with E-state index in [2.05, 4.69) is 34.2 Å². The molecule has 0 bridgehead atoms. The zero-order valence-electron chi connectivity index (χ0n) is 27.7. The Labute approximate surface area is 284 Å². The zero-order chi connectivity index (χ0) is 36.4. The van der Waals surface area contributed by atoms with Crippen LogP contribution in [0.2, 0.25) is 0 Å². The van der Waals surface area contributed by atoms with E-state index in [0.717, 1.165) is 77.0 Å². The lowest BCUT2D eigenvalue weighted by molar-refractivity contribution is -0.378. The van der Waals surface area contributed by atoms with Gasteiger partial charge < -0.3 is 48.3 Å². The van der Waals surface area contributed by atoms with Gasteiger partial charge >= 0.3 is 15.2 Å². The molecule has 0 fully saturated rings. The monoisotopic (exact) mass is 760 g/mol. The van der Waals surface area contributed by atoms with E-state index in [4.69, 9.17) is 29.4 Å². The first-order valence-corrected chi connectivity index (χ1v) is 23.6. The van der Waals surface area contributed by atoms with Gasteiger partial charge in [-0.25, -0.2) is 9.97 Å². The molecule has 2 aromatic rings. The minimum Gasteiger partial charge on any atom is -0.779 e. The van der Waals surface area contributed by atoms with Crippen LogP contribution in [0.5, 0.6) is 0 Å². The van der Waals surface area contributed by atoms with Gasteiger partial charge in [0, 0.05) is 48.9 Å². The van der Waals surface area contributed by atoms with Crippen LogP contribution in [0.1, 0.15) is 103 Å². The second-order valence-corrected chi connectivity index (χ2v) is 18.7. The number of aromatic nitrogens is 2. The standard InChI is InChI=1S/C10H8N2.2C10H24O6P2/c1-5-11-6-2-9(1)10-3-7-12-8-4-10;2*11-17(12,13)9-7-5-3-1-2-4-6-8-10-18(14,15)16/h1-8H;2*1-10H2,(H2,11,12,13)(H2,14,15,16). The van der Waals surface area contributed by atoms with Gasteiger partial charge in [0.1, 0.15) is 15.2 Å². The number of hydrogen-bond donors (Lipinski definition) is 6. The summed E-state index contributed by atoms with van der Waals surface area (Å²) < 4.78 is 42.0. The molecule has 0 saturated carbocycles. The number of hydrogen-bond acceptors (Lipinski definition) is 6. The highest BCUT2D eigenvalue weighted by atomic mass is 31.2.